The van der Waals surface area contributed by atoms with Gasteiger partial charge in [0.25, 0.3) is 0 Å². The first-order chi connectivity index (χ1) is 4.70. The van der Waals surface area contributed by atoms with E-state index >= 15 is 0 Å². The van der Waals surface area contributed by atoms with Crippen LogP contribution in [0.2, 0.25) is 0 Å². The van der Waals surface area contributed by atoms with E-state index in [0.717, 1.165) is 6.42 Å². The number of hydrogen-bond donors (Lipinski definition) is 2. The van der Waals surface area contributed by atoms with E-state index in [-0.39, 0.29) is 24.3 Å². The van der Waals surface area contributed by atoms with Gasteiger partial charge in [0.05, 0.1) is 12.7 Å². The summed E-state index contributed by atoms with van der Waals surface area (Å²) in [4.78, 5) is 0. The number of aliphatic hydroxyl groups is 2. The molecule has 2 aliphatic rings. The zero-order chi connectivity index (χ0) is 7.35. The second-order valence-corrected chi connectivity index (χ2v) is 3.19. The van der Waals surface area contributed by atoms with Crippen LogP contribution in [0.15, 0.2) is 0 Å². The fourth-order valence-corrected chi connectivity index (χ4v) is 1.87. The Labute approximate surface area is 55.9 Å². The normalized spacial score (nSPS) is 65.1. The Hall–Kier alpha value is -0.0800. The lowest BCUT2D eigenvalue weighted by atomic mass is 10.0. The van der Waals surface area contributed by atoms with Crippen molar-refractivity contribution in [3.05, 3.63) is 0 Å². The highest BCUT2D eigenvalue weighted by atomic mass is 16.3. The van der Waals surface area contributed by atoms with E-state index in [0.29, 0.717) is 6.42 Å². The topological polar surface area (TPSA) is 40.5 Å². The SMILES string of the molecule is [3H]C1CC(O)C2(CO)C[C@@H]12. The molecule has 0 aromatic rings. The molecule has 2 aliphatic carbocycles. The fraction of sp³-hybridized carbons (Fsp3) is 1.00. The Kier molecular flexibility index (Phi) is 0.780. The monoisotopic (exact) mass is 130 g/mol. The quantitative estimate of drug-likeness (QED) is 0.530. The maximum absolute atomic E-state index is 9.38. The Morgan fingerprint density at radius 3 is 2.78 bits per heavy atom. The molecule has 2 N–H and O–H groups in total. The number of hydrogen-bond acceptors (Lipinski definition) is 2. The summed E-state index contributed by atoms with van der Waals surface area (Å²) in [5.41, 5.74) is -0.244. The van der Waals surface area contributed by atoms with Crippen molar-refractivity contribution in [3.63, 3.8) is 0 Å². The third-order valence-corrected chi connectivity index (χ3v) is 2.78. The second-order valence-electron chi connectivity index (χ2n) is 3.19. The van der Waals surface area contributed by atoms with Crippen molar-refractivity contribution in [1.82, 2.24) is 0 Å². The van der Waals surface area contributed by atoms with Crippen molar-refractivity contribution in [1.29, 1.82) is 0 Å². The van der Waals surface area contributed by atoms with Crippen molar-refractivity contribution in [3.8, 4) is 0 Å². The van der Waals surface area contributed by atoms with Crippen LogP contribution >= 0.6 is 0 Å². The van der Waals surface area contributed by atoms with Crippen molar-refractivity contribution in [2.75, 3.05) is 6.61 Å². The molecule has 0 amide bonds. The van der Waals surface area contributed by atoms with E-state index in [4.69, 9.17) is 6.48 Å². The molecule has 2 saturated carbocycles. The van der Waals surface area contributed by atoms with E-state index in [1.807, 2.05) is 0 Å². The highest BCUT2D eigenvalue weighted by molar-refractivity contribution is 5.11. The molecule has 0 saturated heterocycles. The van der Waals surface area contributed by atoms with Crippen molar-refractivity contribution >= 4 is 0 Å². The third kappa shape index (κ3) is 0.528. The smallest absolute Gasteiger partial charge is 0.0621 e. The maximum Gasteiger partial charge on any atom is 0.0621 e. The van der Waals surface area contributed by atoms with Crippen molar-refractivity contribution in [2.45, 2.75) is 25.3 Å². The van der Waals surface area contributed by atoms with Gasteiger partial charge in [0.1, 0.15) is 0 Å². The molecule has 0 bridgehead atoms. The van der Waals surface area contributed by atoms with Crippen LogP contribution in [0.4, 0.5) is 0 Å². The maximum atomic E-state index is 9.38. The molecule has 3 unspecified atom stereocenters. The van der Waals surface area contributed by atoms with Gasteiger partial charge in [-0.1, -0.05) is 0 Å². The van der Waals surface area contributed by atoms with Crippen LogP contribution in [-0.2, 0) is 0 Å². The molecule has 2 fully saturated rings. The first-order valence-corrected chi connectivity index (χ1v) is 3.42. The Morgan fingerprint density at radius 2 is 2.56 bits per heavy atom. The lowest BCUT2D eigenvalue weighted by Gasteiger charge is -2.13. The first kappa shape index (κ1) is 4.69. The van der Waals surface area contributed by atoms with E-state index in [9.17, 15) is 5.11 Å². The second kappa shape index (κ2) is 1.50. The van der Waals surface area contributed by atoms with Crippen LogP contribution in [0.3, 0.4) is 0 Å². The van der Waals surface area contributed by atoms with E-state index in [1.54, 1.807) is 0 Å². The van der Waals surface area contributed by atoms with Crippen LogP contribution in [0.25, 0.3) is 0 Å². The van der Waals surface area contributed by atoms with Gasteiger partial charge >= 0.3 is 0 Å². The fourth-order valence-electron chi connectivity index (χ4n) is 1.87. The molecule has 0 aromatic carbocycles. The predicted molar refractivity (Wildman–Crippen MR) is 32.9 cm³/mol. The van der Waals surface area contributed by atoms with Gasteiger partial charge in [-0.25, -0.2) is 0 Å². The first-order valence-electron chi connectivity index (χ1n) is 3.99. The molecule has 4 atom stereocenters. The van der Waals surface area contributed by atoms with Crippen LogP contribution in [0, 0.1) is 11.3 Å². The Morgan fingerprint density at radius 1 is 1.78 bits per heavy atom. The average Bonchev–Trinajstić information content (AvgIpc) is 2.57. The summed E-state index contributed by atoms with van der Waals surface area (Å²) in [5.74, 6) is 0.285. The van der Waals surface area contributed by atoms with E-state index in [2.05, 4.69) is 0 Å². The van der Waals surface area contributed by atoms with Crippen molar-refractivity contribution < 1.29 is 11.6 Å². The number of rotatable bonds is 1. The zero-order valence-electron chi connectivity index (χ0n) is 6.25. The minimum Gasteiger partial charge on any atom is -0.396 e. The Balaban J connectivity index is 2.16. The van der Waals surface area contributed by atoms with Gasteiger partial charge in [-0.15, -0.1) is 0 Å². The molecule has 52 valence electrons. The molecule has 0 aliphatic heterocycles. The van der Waals surface area contributed by atoms with Gasteiger partial charge in [-0.2, -0.15) is 0 Å². The number of fused-ring (bicyclic) bond motifs is 1. The molecule has 2 rings (SSSR count). The lowest BCUT2D eigenvalue weighted by Crippen LogP contribution is -2.22. The van der Waals surface area contributed by atoms with Gasteiger partial charge < -0.3 is 10.2 Å². The van der Waals surface area contributed by atoms with Gasteiger partial charge in [-0.05, 0) is 25.2 Å². The standard InChI is InChI=1S/C7H12O2/c8-4-7-3-5(7)1-2-6(7)9/h5-6,8-9H,1-4H2/t5-,6?,7?/m1/s1/i1T/t1?,5-,6?,7?. The highest BCUT2D eigenvalue weighted by Gasteiger charge is 2.61. The minimum absolute atomic E-state index is 0.0637. The van der Waals surface area contributed by atoms with E-state index < -0.39 is 6.10 Å². The summed E-state index contributed by atoms with van der Waals surface area (Å²) in [6, 6.07) is 0. The number of aliphatic hydroxyl groups excluding tert-OH is 2. The molecule has 0 aromatic heterocycles. The van der Waals surface area contributed by atoms with Gasteiger partial charge in [0, 0.05) is 6.79 Å². The van der Waals surface area contributed by atoms with Crippen LogP contribution < -0.4 is 0 Å². The van der Waals surface area contributed by atoms with Crippen molar-refractivity contribution in [2.24, 2.45) is 11.3 Å². The molecule has 0 radical (unpaired) electrons. The van der Waals surface area contributed by atoms with Gasteiger partial charge in [0.15, 0.2) is 0 Å². The lowest BCUT2D eigenvalue weighted by molar-refractivity contribution is 0.0612. The molecule has 2 nitrogen and oxygen atoms in total. The summed E-state index contributed by atoms with van der Waals surface area (Å²) in [6.07, 6.45) is 0.886. The summed E-state index contributed by atoms with van der Waals surface area (Å²) < 4.78 is 7.47. The molecule has 0 spiro atoms. The molecule has 0 heterocycles. The van der Waals surface area contributed by atoms with Gasteiger partial charge in [-0.3, -0.25) is 0 Å². The van der Waals surface area contributed by atoms with Crippen LogP contribution in [0.1, 0.15) is 20.6 Å². The van der Waals surface area contributed by atoms with Crippen LogP contribution in [0.5, 0.6) is 0 Å². The van der Waals surface area contributed by atoms with E-state index in [1.165, 1.54) is 0 Å². The third-order valence-electron chi connectivity index (χ3n) is 2.78. The van der Waals surface area contributed by atoms with Gasteiger partial charge in [0.2, 0.25) is 0 Å². The summed E-state index contributed by atoms with van der Waals surface area (Å²) in [7, 11) is 0. The summed E-state index contributed by atoms with van der Waals surface area (Å²) >= 11 is 0. The molecular formula is C7H12O2. The predicted octanol–water partition coefficient (Wildman–Crippen LogP) is 0.140. The molecule has 9 heavy (non-hydrogen) atoms. The summed E-state index contributed by atoms with van der Waals surface area (Å²) in [5, 5.41) is 18.3. The molecular weight excluding hydrogens is 116 g/mol. The Bertz CT molecular complexity index is 158. The zero-order valence-corrected chi connectivity index (χ0v) is 5.25. The minimum atomic E-state index is -0.412. The highest BCUT2D eigenvalue weighted by Crippen LogP contribution is 2.62. The largest absolute Gasteiger partial charge is 0.396 e. The average molecular weight is 130 g/mol. The summed E-state index contributed by atoms with van der Waals surface area (Å²) in [6.45, 7) is 0.0637. The van der Waals surface area contributed by atoms with Crippen LogP contribution in [-0.4, -0.2) is 22.9 Å². The molecule has 2 heteroatoms.